The quantitative estimate of drug-likeness (QED) is 0.639. The third-order valence-electron chi connectivity index (χ3n) is 5.29. The summed E-state index contributed by atoms with van der Waals surface area (Å²) in [5.74, 6) is -0.979. The lowest BCUT2D eigenvalue weighted by atomic mass is 10.1. The predicted molar refractivity (Wildman–Crippen MR) is 109 cm³/mol. The molecule has 1 saturated heterocycles. The Balaban J connectivity index is 1.95. The van der Waals surface area contributed by atoms with Crippen LogP contribution in [0.4, 0.5) is 4.39 Å². The molecule has 1 fully saturated rings. The van der Waals surface area contributed by atoms with Crippen LogP contribution in [0.25, 0.3) is 0 Å². The highest BCUT2D eigenvalue weighted by atomic mass is 32.2. The second-order valence-corrected chi connectivity index (χ2v) is 9.27. The van der Waals surface area contributed by atoms with E-state index in [9.17, 15) is 17.6 Å². The van der Waals surface area contributed by atoms with Gasteiger partial charge in [0.2, 0.25) is 10.0 Å². The summed E-state index contributed by atoms with van der Waals surface area (Å²) in [5.41, 5.74) is 2.38. The molecule has 0 aliphatic carbocycles. The van der Waals surface area contributed by atoms with Gasteiger partial charge in [-0.15, -0.1) is 0 Å². The zero-order chi connectivity index (χ0) is 21.9. The van der Waals surface area contributed by atoms with Gasteiger partial charge in [0.05, 0.1) is 17.6 Å². The number of aromatic nitrogens is 1. The van der Waals surface area contributed by atoms with E-state index >= 15 is 0 Å². The van der Waals surface area contributed by atoms with Crippen LogP contribution in [-0.2, 0) is 26.0 Å². The van der Waals surface area contributed by atoms with E-state index < -0.39 is 21.8 Å². The molecular weight excluding hydrogens is 411 g/mol. The number of aromatic amines is 1. The molecule has 30 heavy (non-hydrogen) atoms. The molecule has 0 bridgehead atoms. The molecule has 1 unspecified atom stereocenters. The highest BCUT2D eigenvalue weighted by Gasteiger charge is 2.31. The van der Waals surface area contributed by atoms with Crippen LogP contribution in [0.1, 0.15) is 47.1 Å². The van der Waals surface area contributed by atoms with Crippen molar-refractivity contribution in [2.45, 2.75) is 51.2 Å². The maximum Gasteiger partial charge on any atom is 0.355 e. The van der Waals surface area contributed by atoms with Crippen molar-refractivity contribution in [2.24, 2.45) is 0 Å². The van der Waals surface area contributed by atoms with E-state index in [-0.39, 0.29) is 30.7 Å². The van der Waals surface area contributed by atoms with Crippen molar-refractivity contribution in [2.75, 3.05) is 19.8 Å². The Labute approximate surface area is 176 Å². The number of hydrogen-bond acceptors (Lipinski definition) is 5. The van der Waals surface area contributed by atoms with Crippen LogP contribution >= 0.6 is 0 Å². The van der Waals surface area contributed by atoms with Crippen LogP contribution in [0, 0.1) is 19.7 Å². The minimum Gasteiger partial charge on any atom is -0.461 e. The summed E-state index contributed by atoms with van der Waals surface area (Å²) in [5, 5.41) is 0. The lowest BCUT2D eigenvalue weighted by Gasteiger charge is -2.25. The smallest absolute Gasteiger partial charge is 0.355 e. The average Bonchev–Trinajstić information content (AvgIpc) is 3.31. The lowest BCUT2D eigenvalue weighted by molar-refractivity contribution is 0.0519. The minimum atomic E-state index is -3.90. The molecule has 0 saturated carbocycles. The van der Waals surface area contributed by atoms with Crippen molar-refractivity contribution >= 4 is 16.0 Å². The third-order valence-corrected chi connectivity index (χ3v) is 7.12. The second kappa shape index (κ2) is 9.28. The highest BCUT2D eigenvalue weighted by Crippen LogP contribution is 2.26. The number of benzene rings is 1. The Morgan fingerprint density at radius 3 is 2.60 bits per heavy atom. The summed E-state index contributed by atoms with van der Waals surface area (Å²) < 4.78 is 52.1. The second-order valence-electron chi connectivity index (χ2n) is 7.34. The summed E-state index contributed by atoms with van der Waals surface area (Å²) in [4.78, 5) is 15.2. The molecule has 0 spiro atoms. The van der Waals surface area contributed by atoms with Gasteiger partial charge in [0.25, 0.3) is 0 Å². The van der Waals surface area contributed by atoms with Crippen molar-refractivity contribution in [1.29, 1.82) is 0 Å². The zero-order valence-corrected chi connectivity index (χ0v) is 18.2. The monoisotopic (exact) mass is 438 g/mol. The minimum absolute atomic E-state index is 0.0124. The first-order chi connectivity index (χ1) is 14.2. The number of rotatable bonds is 8. The van der Waals surface area contributed by atoms with E-state index in [2.05, 4.69) is 4.98 Å². The van der Waals surface area contributed by atoms with Gasteiger partial charge >= 0.3 is 5.97 Å². The van der Waals surface area contributed by atoms with E-state index in [0.717, 1.165) is 25.0 Å². The number of carbonyl (C=O) groups is 1. The fourth-order valence-corrected chi connectivity index (χ4v) is 5.07. The van der Waals surface area contributed by atoms with E-state index in [0.29, 0.717) is 29.1 Å². The summed E-state index contributed by atoms with van der Waals surface area (Å²) in [6.07, 6.45) is 1.45. The van der Waals surface area contributed by atoms with Crippen LogP contribution in [0.15, 0.2) is 29.2 Å². The molecule has 1 aromatic heterocycles. The van der Waals surface area contributed by atoms with Gasteiger partial charge in [-0.2, -0.15) is 4.31 Å². The molecule has 2 aromatic rings. The number of sulfonamides is 1. The number of ether oxygens (including phenoxy) is 2. The fraction of sp³-hybridized carbons (Fsp3) is 0.476. The number of carbonyl (C=O) groups excluding carboxylic acids is 1. The predicted octanol–water partition coefficient (Wildman–Crippen LogP) is 3.32. The topological polar surface area (TPSA) is 88.7 Å². The summed E-state index contributed by atoms with van der Waals surface area (Å²) in [6.45, 7) is 6.37. The molecule has 9 heteroatoms. The van der Waals surface area contributed by atoms with Crippen LogP contribution in [-0.4, -0.2) is 49.5 Å². The highest BCUT2D eigenvalue weighted by molar-refractivity contribution is 7.89. The lowest BCUT2D eigenvalue weighted by Crippen LogP contribution is -2.37. The third kappa shape index (κ3) is 4.74. The van der Waals surface area contributed by atoms with E-state index in [4.69, 9.17) is 9.47 Å². The maximum atomic E-state index is 13.3. The van der Waals surface area contributed by atoms with Gasteiger partial charge in [-0.05, 0) is 69.0 Å². The summed E-state index contributed by atoms with van der Waals surface area (Å²) in [6, 6.07) is 4.77. The standard InChI is InChI=1S/C21H27FN2O5S/c1-4-28-21(25)20-14(2)19(15(3)23-20)13-24(12-17-6-5-11-29-17)30(26,27)18-9-7-16(22)8-10-18/h7-10,17,23H,4-6,11-13H2,1-3H3. The Morgan fingerprint density at radius 2 is 2.00 bits per heavy atom. The van der Waals surface area contributed by atoms with Gasteiger partial charge in [0.15, 0.2) is 0 Å². The number of H-pyrrole nitrogens is 1. The molecule has 0 amide bonds. The van der Waals surface area contributed by atoms with Gasteiger partial charge < -0.3 is 14.5 Å². The maximum absolute atomic E-state index is 13.3. The largest absolute Gasteiger partial charge is 0.461 e. The molecule has 164 valence electrons. The van der Waals surface area contributed by atoms with Gasteiger partial charge in [-0.25, -0.2) is 17.6 Å². The Kier molecular flexibility index (Phi) is 6.95. The normalized spacial score (nSPS) is 16.9. The number of esters is 1. The molecule has 1 atom stereocenters. The van der Waals surface area contributed by atoms with Crippen LogP contribution < -0.4 is 0 Å². The fourth-order valence-electron chi connectivity index (χ4n) is 3.63. The average molecular weight is 439 g/mol. The molecule has 1 aliphatic rings. The molecule has 0 radical (unpaired) electrons. The molecule has 3 rings (SSSR count). The van der Waals surface area contributed by atoms with Crippen LogP contribution in [0.2, 0.25) is 0 Å². The van der Waals surface area contributed by atoms with Gasteiger partial charge in [-0.1, -0.05) is 0 Å². The summed E-state index contributed by atoms with van der Waals surface area (Å²) in [7, 11) is -3.90. The van der Waals surface area contributed by atoms with Gasteiger partial charge in [-0.3, -0.25) is 0 Å². The van der Waals surface area contributed by atoms with Crippen molar-refractivity contribution < 1.29 is 27.1 Å². The number of nitrogens with zero attached hydrogens (tertiary/aromatic N) is 1. The van der Waals surface area contributed by atoms with Crippen molar-refractivity contribution in [1.82, 2.24) is 9.29 Å². The SMILES string of the molecule is CCOC(=O)c1[nH]c(C)c(CN(CC2CCCO2)S(=O)(=O)c2ccc(F)cc2)c1C. The zero-order valence-electron chi connectivity index (χ0n) is 17.4. The van der Waals surface area contributed by atoms with Crippen molar-refractivity contribution in [3.63, 3.8) is 0 Å². The van der Waals surface area contributed by atoms with E-state index in [1.165, 1.54) is 16.4 Å². The van der Waals surface area contributed by atoms with Crippen LogP contribution in [0.3, 0.4) is 0 Å². The Hall–Kier alpha value is -2.23. The molecule has 2 heterocycles. The summed E-state index contributed by atoms with van der Waals surface area (Å²) >= 11 is 0. The Morgan fingerprint density at radius 1 is 1.30 bits per heavy atom. The van der Waals surface area contributed by atoms with Gasteiger partial charge in [0.1, 0.15) is 11.5 Å². The van der Waals surface area contributed by atoms with Gasteiger partial charge in [0, 0.05) is 25.4 Å². The number of hydrogen-bond donors (Lipinski definition) is 1. The molecule has 1 aliphatic heterocycles. The molecule has 1 aromatic carbocycles. The van der Waals surface area contributed by atoms with Crippen molar-refractivity contribution in [3.05, 3.63) is 52.6 Å². The Bertz CT molecular complexity index is 995. The van der Waals surface area contributed by atoms with E-state index in [1.807, 2.05) is 0 Å². The molecular formula is C21H27FN2O5S. The number of aryl methyl sites for hydroxylation is 1. The molecule has 7 nitrogen and oxygen atoms in total. The van der Waals surface area contributed by atoms with Crippen molar-refractivity contribution in [3.8, 4) is 0 Å². The van der Waals surface area contributed by atoms with Crippen LogP contribution in [0.5, 0.6) is 0 Å². The number of nitrogens with one attached hydrogen (secondary N) is 1. The molecule has 1 N–H and O–H groups in total. The first-order valence-corrected chi connectivity index (χ1v) is 11.4. The first kappa shape index (κ1) is 22.5. The first-order valence-electron chi connectivity index (χ1n) is 9.96. The number of halogens is 1. The van der Waals surface area contributed by atoms with E-state index in [1.54, 1.807) is 20.8 Å².